The number of allylic oxidation sites excluding steroid dienone is 2. The Balaban J connectivity index is 1.48. The molecule has 0 N–H and O–H groups in total. The zero-order valence-electron chi connectivity index (χ0n) is 16.2. The van der Waals surface area contributed by atoms with E-state index < -0.39 is 0 Å². The summed E-state index contributed by atoms with van der Waals surface area (Å²) in [7, 11) is 0. The maximum atomic E-state index is 3.24. The van der Waals surface area contributed by atoms with E-state index in [4.69, 9.17) is 0 Å². The maximum Gasteiger partial charge on any atom is 0.0249 e. The molecule has 0 heterocycles. The van der Waals surface area contributed by atoms with Crippen molar-refractivity contribution in [2.45, 2.75) is 58.3 Å². The van der Waals surface area contributed by atoms with Gasteiger partial charge in [0.1, 0.15) is 0 Å². The maximum absolute atomic E-state index is 3.24. The minimum absolute atomic E-state index is 0.693. The van der Waals surface area contributed by atoms with Crippen LogP contribution in [0.15, 0.2) is 60.7 Å². The molecule has 3 rings (SSSR count). The van der Waals surface area contributed by atoms with Gasteiger partial charge in [-0.2, -0.15) is 0 Å². The second kappa shape index (κ2) is 9.44. The molecule has 0 radical (unpaired) electrons. The molecular weight excluding hydrogens is 312 g/mol. The van der Waals surface area contributed by atoms with E-state index in [9.17, 15) is 0 Å². The summed E-state index contributed by atoms with van der Waals surface area (Å²) in [5, 5.41) is 0. The SMILES string of the molecule is CCc1ccc(C#C/C=C/C2CCC(c3ccc(CC)cc3)CC2)cc1. The molecule has 0 saturated heterocycles. The van der Waals surface area contributed by atoms with E-state index in [0.717, 1.165) is 24.3 Å². The van der Waals surface area contributed by atoms with Crippen molar-refractivity contribution < 1.29 is 0 Å². The van der Waals surface area contributed by atoms with Gasteiger partial charge < -0.3 is 0 Å². The summed E-state index contributed by atoms with van der Waals surface area (Å²) in [5.41, 5.74) is 5.44. The Morgan fingerprint density at radius 3 is 1.96 bits per heavy atom. The van der Waals surface area contributed by atoms with Crippen molar-refractivity contribution in [3.8, 4) is 11.8 Å². The van der Waals surface area contributed by atoms with E-state index >= 15 is 0 Å². The monoisotopic (exact) mass is 342 g/mol. The smallest absolute Gasteiger partial charge is 0.0249 e. The first-order valence-corrected chi connectivity index (χ1v) is 10.1. The fraction of sp³-hybridized carbons (Fsp3) is 0.385. The highest BCUT2D eigenvalue weighted by atomic mass is 14.2. The van der Waals surface area contributed by atoms with Crippen LogP contribution in [-0.2, 0) is 12.8 Å². The number of hydrogen-bond acceptors (Lipinski definition) is 0. The van der Waals surface area contributed by atoms with Crippen molar-refractivity contribution >= 4 is 0 Å². The summed E-state index contributed by atoms with van der Waals surface area (Å²) in [4.78, 5) is 0. The topological polar surface area (TPSA) is 0 Å². The fourth-order valence-corrected chi connectivity index (χ4v) is 3.80. The van der Waals surface area contributed by atoms with Gasteiger partial charge in [-0.25, -0.2) is 0 Å². The quantitative estimate of drug-likeness (QED) is 0.543. The molecule has 1 saturated carbocycles. The van der Waals surface area contributed by atoms with Crippen LogP contribution >= 0.6 is 0 Å². The van der Waals surface area contributed by atoms with E-state index in [1.807, 2.05) is 0 Å². The molecule has 0 aliphatic heterocycles. The highest BCUT2D eigenvalue weighted by molar-refractivity contribution is 5.38. The predicted octanol–water partition coefficient (Wildman–Crippen LogP) is 6.69. The molecule has 1 aliphatic carbocycles. The van der Waals surface area contributed by atoms with Gasteiger partial charge >= 0.3 is 0 Å². The molecule has 0 unspecified atom stereocenters. The first-order chi connectivity index (χ1) is 12.8. The Morgan fingerprint density at radius 1 is 0.808 bits per heavy atom. The van der Waals surface area contributed by atoms with Crippen LogP contribution in [0.5, 0.6) is 0 Å². The van der Waals surface area contributed by atoms with Gasteiger partial charge in [0.2, 0.25) is 0 Å². The predicted molar refractivity (Wildman–Crippen MR) is 112 cm³/mol. The van der Waals surface area contributed by atoms with E-state index in [-0.39, 0.29) is 0 Å². The summed E-state index contributed by atoms with van der Waals surface area (Å²) in [6.45, 7) is 4.40. The lowest BCUT2D eigenvalue weighted by Crippen LogP contribution is -2.11. The number of rotatable bonds is 4. The molecule has 0 nitrogen and oxygen atoms in total. The second-order valence-electron chi connectivity index (χ2n) is 7.39. The van der Waals surface area contributed by atoms with Crippen molar-refractivity contribution in [2.24, 2.45) is 5.92 Å². The Morgan fingerprint density at radius 2 is 1.38 bits per heavy atom. The minimum Gasteiger partial charge on any atom is -0.0730 e. The second-order valence-corrected chi connectivity index (χ2v) is 7.39. The van der Waals surface area contributed by atoms with Crippen molar-refractivity contribution in [3.05, 3.63) is 82.9 Å². The summed E-state index contributed by atoms with van der Waals surface area (Å²) in [6.07, 6.45) is 11.8. The van der Waals surface area contributed by atoms with Gasteiger partial charge in [-0.05, 0) is 85.3 Å². The Hall–Kier alpha value is -2.26. The zero-order valence-corrected chi connectivity index (χ0v) is 16.2. The summed E-state index contributed by atoms with van der Waals surface area (Å²) < 4.78 is 0. The van der Waals surface area contributed by atoms with Crippen molar-refractivity contribution in [2.75, 3.05) is 0 Å². The van der Waals surface area contributed by atoms with Crippen LogP contribution < -0.4 is 0 Å². The zero-order chi connectivity index (χ0) is 18.2. The van der Waals surface area contributed by atoms with E-state index in [0.29, 0.717) is 5.92 Å². The number of benzene rings is 2. The van der Waals surface area contributed by atoms with Crippen LogP contribution in [0.2, 0.25) is 0 Å². The molecule has 0 heteroatoms. The van der Waals surface area contributed by atoms with Crippen LogP contribution in [0.3, 0.4) is 0 Å². The van der Waals surface area contributed by atoms with Gasteiger partial charge in [0.25, 0.3) is 0 Å². The van der Waals surface area contributed by atoms with Gasteiger partial charge in [0, 0.05) is 5.56 Å². The first kappa shape index (κ1) is 18.5. The lowest BCUT2D eigenvalue weighted by atomic mass is 9.78. The third kappa shape index (κ3) is 5.12. The van der Waals surface area contributed by atoms with Crippen molar-refractivity contribution in [1.29, 1.82) is 0 Å². The van der Waals surface area contributed by atoms with Crippen LogP contribution in [0.4, 0.5) is 0 Å². The molecular formula is C26H30. The molecule has 134 valence electrons. The van der Waals surface area contributed by atoms with Gasteiger partial charge in [0.15, 0.2) is 0 Å². The van der Waals surface area contributed by atoms with Crippen LogP contribution in [0.1, 0.15) is 67.7 Å². The Kier molecular flexibility index (Phi) is 6.73. The largest absolute Gasteiger partial charge is 0.0730 e. The molecule has 26 heavy (non-hydrogen) atoms. The van der Waals surface area contributed by atoms with Crippen LogP contribution in [0.25, 0.3) is 0 Å². The van der Waals surface area contributed by atoms with Gasteiger partial charge in [-0.15, -0.1) is 0 Å². The van der Waals surface area contributed by atoms with Crippen LogP contribution in [-0.4, -0.2) is 0 Å². The molecule has 0 atom stereocenters. The minimum atomic E-state index is 0.693. The normalized spacial score (nSPS) is 19.9. The average Bonchev–Trinajstić information content (AvgIpc) is 2.72. The molecule has 0 bridgehead atoms. The fourth-order valence-electron chi connectivity index (χ4n) is 3.80. The van der Waals surface area contributed by atoms with Crippen molar-refractivity contribution in [3.63, 3.8) is 0 Å². The Bertz CT molecular complexity index is 758. The molecule has 2 aromatic carbocycles. The highest BCUT2D eigenvalue weighted by Gasteiger charge is 2.20. The first-order valence-electron chi connectivity index (χ1n) is 10.1. The van der Waals surface area contributed by atoms with E-state index in [2.05, 4.69) is 86.4 Å². The van der Waals surface area contributed by atoms with Gasteiger partial charge in [0.05, 0.1) is 0 Å². The lowest BCUT2D eigenvalue weighted by Gasteiger charge is -2.27. The average molecular weight is 343 g/mol. The Labute approximate surface area is 159 Å². The molecule has 0 amide bonds. The molecule has 0 aromatic heterocycles. The van der Waals surface area contributed by atoms with Crippen LogP contribution in [0, 0.1) is 17.8 Å². The lowest BCUT2D eigenvalue weighted by molar-refractivity contribution is 0.376. The standard InChI is InChI=1S/C26H30/c1-3-21-9-11-23(12-10-21)7-5-6-8-24-15-19-26(20-16-24)25-17-13-22(4-2)14-18-25/h6,8-14,17-18,24,26H,3-4,15-16,19-20H2,1-2H3/b8-6+. The summed E-state index contributed by atoms with van der Waals surface area (Å²) in [6, 6.07) is 17.9. The molecule has 0 spiro atoms. The van der Waals surface area contributed by atoms with Gasteiger partial charge in [-0.3, -0.25) is 0 Å². The molecule has 2 aromatic rings. The third-order valence-corrected chi connectivity index (χ3v) is 5.66. The number of hydrogen-bond donors (Lipinski definition) is 0. The van der Waals surface area contributed by atoms with E-state index in [1.165, 1.54) is 42.4 Å². The number of aryl methyl sites for hydroxylation is 2. The van der Waals surface area contributed by atoms with E-state index in [1.54, 1.807) is 0 Å². The summed E-state index contributed by atoms with van der Waals surface area (Å²) >= 11 is 0. The third-order valence-electron chi connectivity index (χ3n) is 5.66. The molecule has 1 aliphatic rings. The molecule has 1 fully saturated rings. The van der Waals surface area contributed by atoms with Gasteiger partial charge in [-0.1, -0.05) is 68.2 Å². The van der Waals surface area contributed by atoms with Crippen molar-refractivity contribution in [1.82, 2.24) is 0 Å². The summed E-state index contributed by atoms with van der Waals surface area (Å²) in [5.74, 6) is 7.89. The highest BCUT2D eigenvalue weighted by Crippen LogP contribution is 2.36.